The third-order valence-corrected chi connectivity index (χ3v) is 4.43. The summed E-state index contributed by atoms with van der Waals surface area (Å²) >= 11 is 0. The highest BCUT2D eigenvalue weighted by molar-refractivity contribution is 5.86. The van der Waals surface area contributed by atoms with Gasteiger partial charge in [0.1, 0.15) is 0 Å². The largest absolute Gasteiger partial charge is 0.396 e. The number of carbonyl (C=O) groups is 1. The van der Waals surface area contributed by atoms with Gasteiger partial charge in [0, 0.05) is 19.7 Å². The summed E-state index contributed by atoms with van der Waals surface area (Å²) in [5, 5.41) is 12.4. The van der Waals surface area contributed by atoms with Gasteiger partial charge < -0.3 is 15.3 Å². The van der Waals surface area contributed by atoms with E-state index < -0.39 is 0 Å². The Balaban J connectivity index is 1.95. The number of aliphatic hydroxyl groups excluding tert-OH is 1. The normalized spacial score (nSPS) is 33.4. The van der Waals surface area contributed by atoms with Crippen LogP contribution < -0.4 is 5.32 Å². The molecule has 1 amide bonds. The molecule has 2 aliphatic rings. The van der Waals surface area contributed by atoms with Gasteiger partial charge in [-0.15, -0.1) is 0 Å². The van der Waals surface area contributed by atoms with Crippen molar-refractivity contribution in [2.24, 2.45) is 5.92 Å². The summed E-state index contributed by atoms with van der Waals surface area (Å²) in [6.07, 6.45) is 6.32. The summed E-state index contributed by atoms with van der Waals surface area (Å²) in [4.78, 5) is 14.6. The van der Waals surface area contributed by atoms with E-state index in [4.69, 9.17) is 5.11 Å². The molecule has 2 heterocycles. The van der Waals surface area contributed by atoms with Crippen molar-refractivity contribution >= 4 is 5.91 Å². The standard InChI is InChI=1S/C14H26N2O2/c1-14(7-2-3-8-15-14)13(18)16-9-4-5-12(11-16)6-10-17/h12,15,17H,2-11H2,1H3. The van der Waals surface area contributed by atoms with Gasteiger partial charge in [0.15, 0.2) is 0 Å². The van der Waals surface area contributed by atoms with Crippen molar-refractivity contribution in [3.63, 3.8) is 0 Å². The number of aliphatic hydroxyl groups is 1. The number of rotatable bonds is 3. The zero-order valence-corrected chi connectivity index (χ0v) is 11.5. The Morgan fingerprint density at radius 1 is 1.44 bits per heavy atom. The molecule has 2 rings (SSSR count). The third-order valence-electron chi connectivity index (χ3n) is 4.43. The Morgan fingerprint density at radius 3 is 2.94 bits per heavy atom. The Labute approximate surface area is 110 Å². The predicted molar refractivity (Wildman–Crippen MR) is 71.3 cm³/mol. The molecule has 0 bridgehead atoms. The van der Waals surface area contributed by atoms with Crippen LogP contribution in [0.15, 0.2) is 0 Å². The Hall–Kier alpha value is -0.610. The molecule has 2 aliphatic heterocycles. The molecule has 2 saturated heterocycles. The molecule has 0 saturated carbocycles. The molecule has 2 fully saturated rings. The SMILES string of the molecule is CC1(C(=O)N2CCCC(CCO)C2)CCCCN1. The van der Waals surface area contributed by atoms with Crippen molar-refractivity contribution < 1.29 is 9.90 Å². The molecule has 0 aromatic carbocycles. The van der Waals surface area contributed by atoms with Gasteiger partial charge in [-0.3, -0.25) is 4.79 Å². The highest BCUT2D eigenvalue weighted by Gasteiger charge is 2.38. The molecule has 0 aliphatic carbocycles. The second kappa shape index (κ2) is 6.02. The van der Waals surface area contributed by atoms with Crippen LogP contribution >= 0.6 is 0 Å². The van der Waals surface area contributed by atoms with Gasteiger partial charge in [0.05, 0.1) is 5.54 Å². The number of amides is 1. The van der Waals surface area contributed by atoms with E-state index in [1.807, 2.05) is 11.8 Å². The van der Waals surface area contributed by atoms with Gasteiger partial charge >= 0.3 is 0 Å². The van der Waals surface area contributed by atoms with Crippen LogP contribution in [0.2, 0.25) is 0 Å². The second-order valence-corrected chi connectivity index (χ2v) is 5.99. The predicted octanol–water partition coefficient (Wildman–Crippen LogP) is 1.14. The number of piperidine rings is 2. The Kier molecular flexibility index (Phi) is 4.62. The molecule has 2 atom stereocenters. The van der Waals surface area contributed by atoms with Gasteiger partial charge in [0.2, 0.25) is 5.91 Å². The lowest BCUT2D eigenvalue weighted by molar-refractivity contribution is -0.140. The fourth-order valence-corrected chi connectivity index (χ4v) is 3.26. The van der Waals surface area contributed by atoms with Crippen molar-refractivity contribution in [2.75, 3.05) is 26.2 Å². The molecule has 0 aromatic heterocycles. The maximum atomic E-state index is 12.6. The van der Waals surface area contributed by atoms with Crippen LogP contribution in [0.4, 0.5) is 0 Å². The van der Waals surface area contributed by atoms with Gasteiger partial charge in [-0.25, -0.2) is 0 Å². The Morgan fingerprint density at radius 2 is 2.28 bits per heavy atom. The summed E-state index contributed by atoms with van der Waals surface area (Å²) < 4.78 is 0. The Bertz CT molecular complexity index is 286. The minimum atomic E-state index is -0.348. The zero-order chi connectivity index (χ0) is 13.0. The molecule has 104 valence electrons. The molecule has 0 spiro atoms. The minimum Gasteiger partial charge on any atom is -0.396 e. The van der Waals surface area contributed by atoms with Crippen LogP contribution in [-0.4, -0.2) is 47.7 Å². The summed E-state index contributed by atoms with van der Waals surface area (Å²) in [6, 6.07) is 0. The summed E-state index contributed by atoms with van der Waals surface area (Å²) in [5.41, 5.74) is -0.348. The highest BCUT2D eigenvalue weighted by Crippen LogP contribution is 2.25. The lowest BCUT2D eigenvalue weighted by Gasteiger charge is -2.41. The fraction of sp³-hybridized carbons (Fsp3) is 0.929. The number of hydrogen-bond donors (Lipinski definition) is 2. The van der Waals surface area contributed by atoms with Crippen molar-refractivity contribution in [3.8, 4) is 0 Å². The molecule has 2 N–H and O–H groups in total. The maximum absolute atomic E-state index is 12.6. The van der Waals surface area contributed by atoms with Crippen LogP contribution in [-0.2, 0) is 4.79 Å². The van der Waals surface area contributed by atoms with Crippen molar-refractivity contribution in [1.29, 1.82) is 0 Å². The van der Waals surface area contributed by atoms with Crippen LogP contribution in [0.5, 0.6) is 0 Å². The highest BCUT2D eigenvalue weighted by atomic mass is 16.3. The number of nitrogens with zero attached hydrogens (tertiary/aromatic N) is 1. The van der Waals surface area contributed by atoms with E-state index >= 15 is 0 Å². The lowest BCUT2D eigenvalue weighted by atomic mass is 9.87. The topological polar surface area (TPSA) is 52.6 Å². The summed E-state index contributed by atoms with van der Waals surface area (Å²) in [7, 11) is 0. The quantitative estimate of drug-likeness (QED) is 0.794. The molecular formula is C14H26N2O2. The molecule has 2 unspecified atom stereocenters. The van der Waals surface area contributed by atoms with E-state index in [0.717, 1.165) is 51.7 Å². The van der Waals surface area contributed by atoms with Crippen LogP contribution in [0.3, 0.4) is 0 Å². The number of likely N-dealkylation sites (tertiary alicyclic amines) is 1. The first-order valence-electron chi connectivity index (χ1n) is 7.31. The minimum absolute atomic E-state index is 0.238. The van der Waals surface area contributed by atoms with Gasteiger partial charge in [-0.2, -0.15) is 0 Å². The third kappa shape index (κ3) is 3.04. The number of nitrogens with one attached hydrogen (secondary N) is 1. The van der Waals surface area contributed by atoms with Crippen LogP contribution in [0.1, 0.15) is 45.4 Å². The fourth-order valence-electron chi connectivity index (χ4n) is 3.26. The first-order chi connectivity index (χ1) is 8.65. The molecule has 18 heavy (non-hydrogen) atoms. The molecular weight excluding hydrogens is 228 g/mol. The van der Waals surface area contributed by atoms with Crippen molar-refractivity contribution in [2.45, 2.75) is 51.0 Å². The smallest absolute Gasteiger partial charge is 0.242 e. The molecule has 4 nitrogen and oxygen atoms in total. The average Bonchev–Trinajstić information content (AvgIpc) is 2.39. The second-order valence-electron chi connectivity index (χ2n) is 5.99. The molecule has 4 heteroatoms. The van der Waals surface area contributed by atoms with E-state index in [-0.39, 0.29) is 18.1 Å². The van der Waals surface area contributed by atoms with Gasteiger partial charge in [0.25, 0.3) is 0 Å². The van der Waals surface area contributed by atoms with E-state index in [9.17, 15) is 4.79 Å². The van der Waals surface area contributed by atoms with Crippen molar-refractivity contribution in [1.82, 2.24) is 10.2 Å². The van der Waals surface area contributed by atoms with Gasteiger partial charge in [-0.05, 0) is 57.9 Å². The van der Waals surface area contributed by atoms with E-state index in [0.29, 0.717) is 5.92 Å². The van der Waals surface area contributed by atoms with E-state index in [1.54, 1.807) is 0 Å². The monoisotopic (exact) mass is 254 g/mol. The number of hydrogen-bond acceptors (Lipinski definition) is 3. The van der Waals surface area contributed by atoms with Crippen molar-refractivity contribution in [3.05, 3.63) is 0 Å². The first kappa shape index (κ1) is 13.8. The molecule has 0 radical (unpaired) electrons. The van der Waals surface area contributed by atoms with Crippen LogP contribution in [0, 0.1) is 5.92 Å². The first-order valence-corrected chi connectivity index (χ1v) is 7.31. The lowest BCUT2D eigenvalue weighted by Crippen LogP contribution is -2.59. The van der Waals surface area contributed by atoms with E-state index in [1.165, 1.54) is 6.42 Å². The summed E-state index contributed by atoms with van der Waals surface area (Å²) in [5.74, 6) is 0.754. The average molecular weight is 254 g/mol. The number of carbonyl (C=O) groups excluding carboxylic acids is 1. The van der Waals surface area contributed by atoms with E-state index in [2.05, 4.69) is 5.32 Å². The van der Waals surface area contributed by atoms with Gasteiger partial charge in [-0.1, -0.05) is 0 Å². The maximum Gasteiger partial charge on any atom is 0.242 e. The van der Waals surface area contributed by atoms with Crippen LogP contribution in [0.25, 0.3) is 0 Å². The zero-order valence-electron chi connectivity index (χ0n) is 11.5. The summed E-state index contributed by atoms with van der Waals surface area (Å²) in [6.45, 7) is 4.96. The molecule has 0 aromatic rings.